The zero-order chi connectivity index (χ0) is 33.9. The minimum atomic E-state index is -5.08. The maximum atomic E-state index is 14.2. The highest BCUT2D eigenvalue weighted by molar-refractivity contribution is 6.11. The molecule has 10 nitrogen and oxygen atoms in total. The van der Waals surface area contributed by atoms with Crippen molar-refractivity contribution in [2.24, 2.45) is 16.8 Å². The fourth-order valence-corrected chi connectivity index (χ4v) is 6.76. The SMILES string of the molecule is COC(=O)[C@@]1(Cc2ccccc2)[C@H]2C(=O)N(Cc3ccccc3)C(=O)[C@H]2[C@H]2CN(C)C(=NCc3ccccc3)N21.O=C(O)C(F)(F)F. The zero-order valence-electron chi connectivity index (χ0n) is 25.6. The number of rotatable bonds is 7. The summed E-state index contributed by atoms with van der Waals surface area (Å²) in [5.41, 5.74) is 1.34. The molecule has 246 valence electrons. The second-order valence-corrected chi connectivity index (χ2v) is 11.6. The van der Waals surface area contributed by atoms with Crippen LogP contribution >= 0.6 is 0 Å². The number of hydrogen-bond acceptors (Lipinski definition) is 6. The summed E-state index contributed by atoms with van der Waals surface area (Å²) in [6.45, 7) is 1.05. The van der Waals surface area contributed by atoms with Crippen LogP contribution in [0.4, 0.5) is 13.2 Å². The number of halogens is 3. The third kappa shape index (κ3) is 6.29. The normalized spacial score (nSPS) is 24.1. The van der Waals surface area contributed by atoms with E-state index in [1.165, 1.54) is 12.0 Å². The topological polar surface area (TPSA) is 120 Å². The molecule has 0 saturated carbocycles. The number of esters is 1. The average molecular weight is 651 g/mol. The number of fused-ring (bicyclic) bond motifs is 3. The van der Waals surface area contributed by atoms with E-state index in [0.29, 0.717) is 19.0 Å². The molecule has 0 radical (unpaired) electrons. The monoisotopic (exact) mass is 650 g/mol. The minimum Gasteiger partial charge on any atom is -0.475 e. The lowest BCUT2D eigenvalue weighted by Gasteiger charge is -2.40. The summed E-state index contributed by atoms with van der Waals surface area (Å²) < 4.78 is 37.2. The molecule has 4 atom stereocenters. The van der Waals surface area contributed by atoms with Crippen molar-refractivity contribution >= 4 is 29.7 Å². The van der Waals surface area contributed by atoms with E-state index in [1.54, 1.807) is 0 Å². The predicted molar refractivity (Wildman–Crippen MR) is 163 cm³/mol. The van der Waals surface area contributed by atoms with E-state index in [9.17, 15) is 27.6 Å². The van der Waals surface area contributed by atoms with E-state index in [0.717, 1.165) is 16.7 Å². The van der Waals surface area contributed by atoms with Crippen molar-refractivity contribution < 1.29 is 42.2 Å². The molecule has 0 unspecified atom stereocenters. The number of aliphatic carboxylic acids is 1. The number of hydrogen-bond donors (Lipinski definition) is 1. The summed E-state index contributed by atoms with van der Waals surface area (Å²) in [4.78, 5) is 61.5. The lowest BCUT2D eigenvalue weighted by molar-refractivity contribution is -0.192. The van der Waals surface area contributed by atoms with Crippen molar-refractivity contribution in [2.75, 3.05) is 20.7 Å². The summed E-state index contributed by atoms with van der Waals surface area (Å²) in [5.74, 6) is -4.85. The fourth-order valence-electron chi connectivity index (χ4n) is 6.76. The number of carboxylic acid groups (broad SMARTS) is 1. The quantitative estimate of drug-likeness (QED) is 0.304. The number of nitrogens with zero attached hydrogens (tertiary/aromatic N) is 4. The third-order valence-corrected chi connectivity index (χ3v) is 8.68. The van der Waals surface area contributed by atoms with Gasteiger partial charge in [-0.05, 0) is 16.7 Å². The van der Waals surface area contributed by atoms with E-state index < -0.39 is 41.5 Å². The van der Waals surface area contributed by atoms with Gasteiger partial charge in [0.25, 0.3) is 0 Å². The van der Waals surface area contributed by atoms with Crippen molar-refractivity contribution in [1.82, 2.24) is 14.7 Å². The summed E-state index contributed by atoms with van der Waals surface area (Å²) in [6.07, 6.45) is -4.87. The number of carbonyl (C=O) groups is 4. The highest BCUT2D eigenvalue weighted by atomic mass is 19.4. The van der Waals surface area contributed by atoms with Crippen LogP contribution in [0.2, 0.25) is 0 Å². The molecule has 3 aromatic carbocycles. The maximum absolute atomic E-state index is 14.2. The molecule has 2 amide bonds. The van der Waals surface area contributed by atoms with E-state index in [2.05, 4.69) is 0 Å². The van der Waals surface area contributed by atoms with Gasteiger partial charge >= 0.3 is 18.1 Å². The van der Waals surface area contributed by atoms with Gasteiger partial charge in [-0.3, -0.25) is 14.5 Å². The van der Waals surface area contributed by atoms with Gasteiger partial charge in [0, 0.05) is 20.0 Å². The lowest BCUT2D eigenvalue weighted by atomic mass is 9.76. The summed E-state index contributed by atoms with van der Waals surface area (Å²) in [6, 6.07) is 28.6. The zero-order valence-corrected chi connectivity index (χ0v) is 25.6. The Morgan fingerprint density at radius 2 is 1.40 bits per heavy atom. The van der Waals surface area contributed by atoms with Gasteiger partial charge < -0.3 is 19.6 Å². The molecule has 6 rings (SSSR count). The summed E-state index contributed by atoms with van der Waals surface area (Å²) >= 11 is 0. The lowest BCUT2D eigenvalue weighted by Crippen LogP contribution is -2.61. The molecule has 3 aromatic rings. The van der Waals surface area contributed by atoms with Crippen LogP contribution < -0.4 is 0 Å². The van der Waals surface area contributed by atoms with Crippen LogP contribution in [0.15, 0.2) is 96.0 Å². The van der Waals surface area contributed by atoms with E-state index >= 15 is 0 Å². The maximum Gasteiger partial charge on any atom is 0.490 e. The van der Waals surface area contributed by atoms with Crippen molar-refractivity contribution in [3.8, 4) is 0 Å². The number of carbonyl (C=O) groups excluding carboxylic acids is 3. The standard InChI is InChI=1S/C32H32N4O4.C2HF3O2/c1-34-21-25-26-27(29(38)35(28(26)37)20-24-16-10-5-11-17-24)32(30(39)40-2,18-22-12-6-3-7-13-22)36(25)31(34)33-19-23-14-8-4-9-15-23;3-2(4,5)1(6)7/h3-17,25-27H,18-21H2,1-2H3;(H,6,7)/t25-,26+,27-,32-;/m1./s1. The van der Waals surface area contributed by atoms with Gasteiger partial charge in [-0.1, -0.05) is 91.0 Å². The van der Waals surface area contributed by atoms with Gasteiger partial charge in [0.15, 0.2) is 11.5 Å². The van der Waals surface area contributed by atoms with Crippen LogP contribution in [0.3, 0.4) is 0 Å². The molecule has 0 aliphatic carbocycles. The molecule has 3 fully saturated rings. The Labute approximate surface area is 269 Å². The summed E-state index contributed by atoms with van der Waals surface area (Å²) in [7, 11) is 3.27. The Bertz CT molecular complexity index is 1650. The van der Waals surface area contributed by atoms with Crippen LogP contribution in [0.1, 0.15) is 16.7 Å². The fraction of sp³-hybridized carbons (Fsp3) is 0.324. The predicted octanol–water partition coefficient (Wildman–Crippen LogP) is 3.76. The summed E-state index contributed by atoms with van der Waals surface area (Å²) in [5, 5.41) is 7.12. The van der Waals surface area contributed by atoms with Crippen LogP contribution in [0.5, 0.6) is 0 Å². The number of likely N-dealkylation sites (tertiary alicyclic amines) is 1. The molecule has 3 aliphatic rings. The van der Waals surface area contributed by atoms with E-state index in [4.69, 9.17) is 19.6 Å². The van der Waals surface area contributed by atoms with Crippen LogP contribution in [0.25, 0.3) is 0 Å². The number of alkyl halides is 3. The first-order valence-electron chi connectivity index (χ1n) is 14.8. The molecular formula is C34H33F3N4O6. The van der Waals surface area contributed by atoms with E-state index in [-0.39, 0.29) is 24.8 Å². The highest BCUT2D eigenvalue weighted by Crippen LogP contribution is 2.53. The Hall–Kier alpha value is -5.20. The molecule has 3 heterocycles. The molecule has 3 aliphatic heterocycles. The largest absolute Gasteiger partial charge is 0.490 e. The van der Waals surface area contributed by atoms with Crippen LogP contribution in [-0.2, 0) is 43.4 Å². The highest BCUT2D eigenvalue weighted by Gasteiger charge is 2.74. The molecular weight excluding hydrogens is 617 g/mol. The Morgan fingerprint density at radius 1 is 0.894 bits per heavy atom. The average Bonchev–Trinajstić information content (AvgIpc) is 3.62. The van der Waals surface area contributed by atoms with Crippen LogP contribution in [-0.4, -0.2) is 88.0 Å². The molecule has 0 spiro atoms. The van der Waals surface area contributed by atoms with Gasteiger partial charge in [-0.25, -0.2) is 14.6 Å². The Balaban J connectivity index is 0.000000559. The molecule has 3 saturated heterocycles. The molecule has 47 heavy (non-hydrogen) atoms. The van der Waals surface area contributed by atoms with Crippen molar-refractivity contribution in [2.45, 2.75) is 37.3 Å². The number of guanidine groups is 1. The number of carboxylic acids is 1. The van der Waals surface area contributed by atoms with Crippen molar-refractivity contribution in [3.63, 3.8) is 0 Å². The third-order valence-electron chi connectivity index (χ3n) is 8.68. The van der Waals surface area contributed by atoms with Crippen molar-refractivity contribution in [1.29, 1.82) is 0 Å². The molecule has 13 heteroatoms. The van der Waals surface area contributed by atoms with Gasteiger partial charge in [0.1, 0.15) is 0 Å². The number of imide groups is 1. The second kappa shape index (κ2) is 13.3. The number of methoxy groups -OCH3 is 1. The number of likely N-dealkylation sites (N-methyl/N-ethyl adjacent to an activating group) is 1. The van der Waals surface area contributed by atoms with E-state index in [1.807, 2.05) is 108 Å². The molecule has 1 N–H and O–H groups in total. The van der Waals surface area contributed by atoms with Gasteiger partial charge in [-0.2, -0.15) is 13.2 Å². The second-order valence-electron chi connectivity index (χ2n) is 11.6. The first-order chi connectivity index (χ1) is 22.4. The number of benzene rings is 3. The minimum absolute atomic E-state index is 0.172. The number of amides is 2. The van der Waals surface area contributed by atoms with Crippen LogP contribution in [0, 0.1) is 11.8 Å². The number of aliphatic imine (C=N–C) groups is 1. The smallest absolute Gasteiger partial charge is 0.475 e. The molecule has 0 bridgehead atoms. The van der Waals surface area contributed by atoms with Gasteiger partial charge in [-0.15, -0.1) is 0 Å². The van der Waals surface area contributed by atoms with Gasteiger partial charge in [0.2, 0.25) is 11.8 Å². The number of ether oxygens (including phenoxy) is 1. The Kier molecular flexibility index (Phi) is 9.36. The van der Waals surface area contributed by atoms with Crippen molar-refractivity contribution in [3.05, 3.63) is 108 Å². The Morgan fingerprint density at radius 3 is 1.91 bits per heavy atom. The first-order valence-corrected chi connectivity index (χ1v) is 14.8. The first kappa shape index (κ1) is 33.2. The molecule has 0 aromatic heterocycles. The van der Waals surface area contributed by atoms with Gasteiger partial charge in [0.05, 0.1) is 38.1 Å².